The fraction of sp³-hybridized carbons (Fsp3) is 0.333. The summed E-state index contributed by atoms with van der Waals surface area (Å²) in [6.07, 6.45) is 0.540. The average Bonchev–Trinajstić information content (AvgIpc) is 2.47. The largest absolute Gasteiger partial charge is 0.497 e. The highest BCUT2D eigenvalue weighted by Gasteiger charge is 2.10. The maximum Gasteiger partial charge on any atom is 0.275 e. The minimum absolute atomic E-state index is 0.404. The molecule has 0 heterocycles. The molecule has 0 spiro atoms. The summed E-state index contributed by atoms with van der Waals surface area (Å²) in [6.45, 7) is 1.87. The molecule has 0 saturated carbocycles. The third-order valence-electron chi connectivity index (χ3n) is 2.54. The predicted molar refractivity (Wildman–Crippen MR) is 78.1 cm³/mol. The minimum atomic E-state index is -0.812. The van der Waals surface area contributed by atoms with E-state index >= 15 is 0 Å². The first-order valence-electron chi connectivity index (χ1n) is 6.05. The Labute approximate surface area is 121 Å². The van der Waals surface area contributed by atoms with Gasteiger partial charge in [-0.05, 0) is 18.6 Å². The molecule has 114 valence electrons. The Morgan fingerprint density at radius 1 is 1.38 bits per heavy atom. The van der Waals surface area contributed by atoms with Gasteiger partial charge in [-0.25, -0.2) is 10.1 Å². The molecule has 1 aromatic rings. The van der Waals surface area contributed by atoms with Crippen molar-refractivity contribution >= 4 is 11.7 Å². The summed E-state index contributed by atoms with van der Waals surface area (Å²) in [5, 5.41) is 16.9. The second-order valence-electron chi connectivity index (χ2n) is 3.82. The lowest BCUT2D eigenvalue weighted by Gasteiger charge is -2.10. The number of hydrogen-bond donors (Lipinski definition) is 2. The fourth-order valence-corrected chi connectivity index (χ4v) is 1.58. The standard InChI is InChI=1S/C12H17N5O4/c1-4-10(14-15-12(13)16-17(18)19)9-6-5-8(20-2)7-11(9)21-3/h5-7H,4H2,1-3H3,(H3,13,15,16). The molecule has 0 saturated heterocycles. The maximum atomic E-state index is 10.2. The molecule has 0 aromatic heterocycles. The van der Waals surface area contributed by atoms with Gasteiger partial charge in [-0.2, -0.15) is 5.10 Å². The first-order valence-corrected chi connectivity index (χ1v) is 6.05. The molecular weight excluding hydrogens is 278 g/mol. The van der Waals surface area contributed by atoms with Crippen molar-refractivity contribution < 1.29 is 14.5 Å². The maximum absolute atomic E-state index is 10.2. The quantitative estimate of drug-likeness (QED) is 0.348. The third kappa shape index (κ3) is 4.64. The van der Waals surface area contributed by atoms with Crippen molar-refractivity contribution in [1.29, 1.82) is 0 Å². The normalized spacial score (nSPS) is 12.0. The van der Waals surface area contributed by atoms with Crippen molar-refractivity contribution in [1.82, 2.24) is 5.43 Å². The Balaban J connectivity index is 3.12. The summed E-state index contributed by atoms with van der Waals surface area (Å²) in [5.41, 5.74) is 8.30. The number of benzene rings is 1. The third-order valence-corrected chi connectivity index (χ3v) is 2.54. The Morgan fingerprint density at radius 2 is 2.10 bits per heavy atom. The zero-order valence-corrected chi connectivity index (χ0v) is 12.0. The van der Waals surface area contributed by atoms with Gasteiger partial charge in [-0.15, -0.1) is 5.10 Å². The lowest BCUT2D eigenvalue weighted by Crippen LogP contribution is -2.35. The molecule has 1 aromatic carbocycles. The Kier molecular flexibility index (Phi) is 5.93. The monoisotopic (exact) mass is 295 g/mol. The number of nitrogens with two attached hydrogens (primary N) is 1. The van der Waals surface area contributed by atoms with Gasteiger partial charge in [0.2, 0.25) is 0 Å². The summed E-state index contributed by atoms with van der Waals surface area (Å²) in [4.78, 5) is 10.2. The van der Waals surface area contributed by atoms with Crippen molar-refractivity contribution in [3.63, 3.8) is 0 Å². The molecule has 21 heavy (non-hydrogen) atoms. The number of hydrazine groups is 1. The van der Waals surface area contributed by atoms with Crippen LogP contribution >= 0.6 is 0 Å². The van der Waals surface area contributed by atoms with Crippen molar-refractivity contribution in [3.05, 3.63) is 33.9 Å². The highest BCUT2D eigenvalue weighted by atomic mass is 16.7. The van der Waals surface area contributed by atoms with Gasteiger partial charge in [0.05, 0.1) is 19.9 Å². The molecular formula is C12H17N5O4. The molecule has 0 aliphatic heterocycles. The van der Waals surface area contributed by atoms with E-state index in [1.807, 2.05) is 6.92 Å². The van der Waals surface area contributed by atoms with Gasteiger partial charge in [-0.1, -0.05) is 12.3 Å². The van der Waals surface area contributed by atoms with Crippen LogP contribution in [0.1, 0.15) is 18.9 Å². The molecule has 9 heteroatoms. The predicted octanol–water partition coefficient (Wildman–Crippen LogP) is 0.914. The number of guanidine groups is 1. The van der Waals surface area contributed by atoms with Crippen LogP contribution in [0.4, 0.5) is 0 Å². The molecule has 0 amide bonds. The zero-order chi connectivity index (χ0) is 15.8. The van der Waals surface area contributed by atoms with Crippen LogP contribution in [0.2, 0.25) is 0 Å². The van der Waals surface area contributed by atoms with Crippen LogP contribution in [0, 0.1) is 10.1 Å². The Hall–Kier alpha value is -2.84. The minimum Gasteiger partial charge on any atom is -0.497 e. The lowest BCUT2D eigenvalue weighted by atomic mass is 10.1. The van der Waals surface area contributed by atoms with Gasteiger partial charge in [0.25, 0.3) is 5.96 Å². The van der Waals surface area contributed by atoms with E-state index in [-0.39, 0.29) is 0 Å². The number of nitro groups is 1. The molecule has 9 nitrogen and oxygen atoms in total. The topological polar surface area (TPSA) is 124 Å². The van der Waals surface area contributed by atoms with Gasteiger partial charge < -0.3 is 15.2 Å². The van der Waals surface area contributed by atoms with E-state index in [1.165, 1.54) is 7.11 Å². The average molecular weight is 295 g/mol. The summed E-state index contributed by atoms with van der Waals surface area (Å²) >= 11 is 0. The van der Waals surface area contributed by atoms with E-state index in [1.54, 1.807) is 30.7 Å². The highest BCUT2D eigenvalue weighted by Crippen LogP contribution is 2.26. The molecule has 3 N–H and O–H groups in total. The van der Waals surface area contributed by atoms with Crippen LogP contribution in [0.25, 0.3) is 0 Å². The van der Waals surface area contributed by atoms with E-state index < -0.39 is 11.0 Å². The number of nitrogens with one attached hydrogen (secondary N) is 1. The number of nitrogens with zero attached hydrogens (tertiary/aromatic N) is 3. The molecule has 0 fully saturated rings. The summed E-state index contributed by atoms with van der Waals surface area (Å²) in [7, 11) is 3.08. The number of methoxy groups -OCH3 is 2. The number of rotatable bonds is 6. The van der Waals surface area contributed by atoms with E-state index in [0.29, 0.717) is 29.2 Å². The Morgan fingerprint density at radius 3 is 2.62 bits per heavy atom. The smallest absolute Gasteiger partial charge is 0.275 e. The van der Waals surface area contributed by atoms with E-state index in [0.717, 1.165) is 0 Å². The van der Waals surface area contributed by atoms with Crippen molar-refractivity contribution in [3.8, 4) is 11.5 Å². The van der Waals surface area contributed by atoms with Crippen molar-refractivity contribution in [2.24, 2.45) is 15.9 Å². The molecule has 0 atom stereocenters. The summed E-state index contributed by atoms with van der Waals surface area (Å²) < 4.78 is 10.4. The van der Waals surface area contributed by atoms with Crippen LogP contribution < -0.4 is 20.6 Å². The molecule has 0 bridgehead atoms. The van der Waals surface area contributed by atoms with Crippen molar-refractivity contribution in [2.45, 2.75) is 13.3 Å². The Bertz CT molecular complexity index is 571. The molecule has 0 aliphatic rings. The fourth-order valence-electron chi connectivity index (χ4n) is 1.58. The second-order valence-corrected chi connectivity index (χ2v) is 3.82. The molecule has 0 radical (unpaired) electrons. The SMILES string of the molecule is CCC(=NN=C(N)N[N+](=O)[O-])c1ccc(OC)cc1OC. The van der Waals surface area contributed by atoms with Gasteiger partial charge in [0.15, 0.2) is 5.03 Å². The second kappa shape index (κ2) is 7.68. The van der Waals surface area contributed by atoms with Gasteiger partial charge in [0, 0.05) is 11.6 Å². The van der Waals surface area contributed by atoms with Crippen LogP contribution in [0.5, 0.6) is 11.5 Å². The van der Waals surface area contributed by atoms with Crippen LogP contribution in [0.3, 0.4) is 0 Å². The van der Waals surface area contributed by atoms with Crippen LogP contribution in [-0.2, 0) is 0 Å². The number of ether oxygens (including phenoxy) is 2. The van der Waals surface area contributed by atoms with Gasteiger partial charge in [-0.3, -0.25) is 0 Å². The molecule has 0 unspecified atom stereocenters. The lowest BCUT2D eigenvalue weighted by molar-refractivity contribution is -0.525. The molecule has 1 rings (SSSR count). The highest BCUT2D eigenvalue weighted by molar-refractivity contribution is 6.03. The van der Waals surface area contributed by atoms with Crippen LogP contribution in [0.15, 0.2) is 28.4 Å². The van der Waals surface area contributed by atoms with E-state index in [9.17, 15) is 10.1 Å². The van der Waals surface area contributed by atoms with E-state index in [2.05, 4.69) is 10.2 Å². The van der Waals surface area contributed by atoms with Crippen LogP contribution in [-0.4, -0.2) is 30.9 Å². The molecule has 0 aliphatic carbocycles. The van der Waals surface area contributed by atoms with Gasteiger partial charge in [0.1, 0.15) is 11.5 Å². The zero-order valence-electron chi connectivity index (χ0n) is 12.0. The first-order chi connectivity index (χ1) is 10.0. The summed E-state index contributed by atoms with van der Waals surface area (Å²) in [5.74, 6) is 0.800. The number of hydrogen-bond acceptors (Lipinski definition) is 6. The van der Waals surface area contributed by atoms with Gasteiger partial charge >= 0.3 is 0 Å². The van der Waals surface area contributed by atoms with Crippen molar-refractivity contribution in [2.75, 3.05) is 14.2 Å². The first kappa shape index (κ1) is 16.2. The summed E-state index contributed by atoms with van der Waals surface area (Å²) in [6, 6.07) is 5.24. The van der Waals surface area contributed by atoms with E-state index in [4.69, 9.17) is 15.2 Å².